The van der Waals surface area contributed by atoms with Crippen LogP contribution in [0.15, 0.2) is 65.6 Å². The van der Waals surface area contributed by atoms with Crippen molar-refractivity contribution in [2.24, 2.45) is 5.92 Å². The van der Waals surface area contributed by atoms with E-state index in [1.54, 1.807) is 30.3 Å². The highest BCUT2D eigenvalue weighted by atomic mass is 35.5. The number of hydrogen-bond donors (Lipinski definition) is 1. The minimum atomic E-state index is -3.11. The summed E-state index contributed by atoms with van der Waals surface area (Å²) < 4.78 is 58.7. The predicted molar refractivity (Wildman–Crippen MR) is 174 cm³/mol. The minimum absolute atomic E-state index is 0.0182. The maximum atomic E-state index is 15.7. The summed E-state index contributed by atoms with van der Waals surface area (Å²) in [5.74, 6) is -1.39. The Labute approximate surface area is 287 Å². The number of pyridine rings is 1. The number of carbonyl (C=O) groups excluding carboxylic acids is 1. The van der Waals surface area contributed by atoms with Crippen LogP contribution in [0.1, 0.15) is 48.5 Å². The fourth-order valence-electron chi connectivity index (χ4n) is 5.43. The molecule has 2 aliphatic carbocycles. The molecule has 0 bridgehead atoms. The molecule has 1 atom stereocenters. The first-order valence-electron chi connectivity index (χ1n) is 14.7. The smallest absolute Gasteiger partial charge is 0.387 e. The summed E-state index contributed by atoms with van der Waals surface area (Å²) in [7, 11) is 0. The molecule has 3 aromatic carbocycles. The predicted octanol–water partition coefficient (Wildman–Crippen LogP) is 9.74. The Balaban J connectivity index is 1.38. The molecule has 1 heterocycles. The average Bonchev–Trinajstić information content (AvgIpc) is 3.99. The van der Waals surface area contributed by atoms with Gasteiger partial charge in [-0.3, -0.25) is 9.59 Å². The molecule has 47 heavy (non-hydrogen) atoms. The van der Waals surface area contributed by atoms with Crippen molar-refractivity contribution in [2.45, 2.75) is 50.2 Å². The molecule has 0 radical (unpaired) electrons. The zero-order valence-corrected chi connectivity index (χ0v) is 27.5. The lowest BCUT2D eigenvalue weighted by Gasteiger charge is -2.25. The highest BCUT2D eigenvalue weighted by Crippen LogP contribution is 2.56. The highest BCUT2D eigenvalue weighted by Gasteiger charge is 2.56. The lowest BCUT2D eigenvalue weighted by molar-refractivity contribution is -0.152. The maximum absolute atomic E-state index is 15.7. The second-order valence-electron chi connectivity index (χ2n) is 11.6. The second kappa shape index (κ2) is 13.6. The molecule has 1 unspecified atom stereocenters. The van der Waals surface area contributed by atoms with Crippen LogP contribution in [-0.2, 0) is 21.4 Å². The van der Waals surface area contributed by atoms with Gasteiger partial charge in [0.25, 0.3) is 5.56 Å². The van der Waals surface area contributed by atoms with E-state index in [-0.39, 0.29) is 74.1 Å². The molecule has 2 aliphatic rings. The largest absolute Gasteiger partial charge is 0.489 e. The summed E-state index contributed by atoms with van der Waals surface area (Å²) in [5.41, 5.74) is -0.652. The molecular formula is C34H26Cl4F3NO5. The Hall–Kier alpha value is -3.37. The molecule has 0 amide bonds. The summed E-state index contributed by atoms with van der Waals surface area (Å²) in [5, 5.41) is -0.324. The second-order valence-corrected chi connectivity index (χ2v) is 13.1. The highest BCUT2D eigenvalue weighted by molar-refractivity contribution is 6.37. The molecule has 0 spiro atoms. The molecule has 13 heteroatoms. The van der Waals surface area contributed by atoms with Crippen LogP contribution in [0, 0.1) is 11.7 Å². The van der Waals surface area contributed by atoms with Gasteiger partial charge < -0.3 is 19.2 Å². The summed E-state index contributed by atoms with van der Waals surface area (Å²) in [6, 6.07) is 14.3. The molecule has 1 aromatic heterocycles. The van der Waals surface area contributed by atoms with Gasteiger partial charge in [0.15, 0.2) is 11.5 Å². The number of H-pyrrole nitrogens is 1. The number of nitrogens with one attached hydrogen (secondary N) is 1. The topological polar surface area (TPSA) is 77.6 Å². The third-order valence-corrected chi connectivity index (χ3v) is 9.70. The van der Waals surface area contributed by atoms with Gasteiger partial charge in [0, 0.05) is 34.3 Å². The summed E-state index contributed by atoms with van der Waals surface area (Å²) in [4.78, 5) is 28.9. The summed E-state index contributed by atoms with van der Waals surface area (Å²) >= 11 is 26.0. The molecule has 246 valence electrons. The minimum Gasteiger partial charge on any atom is -0.489 e. The van der Waals surface area contributed by atoms with Crippen LogP contribution in [0.5, 0.6) is 11.5 Å². The van der Waals surface area contributed by atoms with Crippen molar-refractivity contribution in [2.75, 3.05) is 6.61 Å². The zero-order chi connectivity index (χ0) is 33.5. The SMILES string of the molecule is O=C(OC(Cc1c(Cl)c[nH]c(=O)c1Cl)c1ccc(OC(F)F)c(OCC2CC2)c1)C1(c2c(Cl)cc(-c3ccccc3)c(F)c2Cl)CC1. The fourth-order valence-corrected chi connectivity index (χ4v) is 6.75. The van der Waals surface area contributed by atoms with Crippen molar-refractivity contribution < 1.29 is 32.2 Å². The number of carbonyl (C=O) groups is 1. The van der Waals surface area contributed by atoms with E-state index in [0.717, 1.165) is 12.8 Å². The van der Waals surface area contributed by atoms with Crippen molar-refractivity contribution in [1.29, 1.82) is 0 Å². The summed E-state index contributed by atoms with van der Waals surface area (Å²) in [6.07, 6.45) is 2.36. The van der Waals surface area contributed by atoms with E-state index in [1.165, 1.54) is 30.5 Å². The van der Waals surface area contributed by atoms with Gasteiger partial charge in [-0.25, -0.2) is 4.39 Å². The van der Waals surface area contributed by atoms with Crippen molar-refractivity contribution in [3.63, 3.8) is 0 Å². The Morgan fingerprint density at radius 3 is 2.34 bits per heavy atom. The molecule has 0 saturated heterocycles. The molecule has 1 N–H and O–H groups in total. The van der Waals surface area contributed by atoms with Gasteiger partial charge in [0.2, 0.25) is 0 Å². The van der Waals surface area contributed by atoms with E-state index >= 15 is 4.39 Å². The molecule has 2 saturated carbocycles. The maximum Gasteiger partial charge on any atom is 0.387 e. The fraction of sp³-hybridized carbons (Fsp3) is 0.294. The van der Waals surface area contributed by atoms with Crippen molar-refractivity contribution in [1.82, 2.24) is 4.98 Å². The number of halogens is 7. The van der Waals surface area contributed by atoms with E-state index in [2.05, 4.69) is 9.72 Å². The van der Waals surface area contributed by atoms with Gasteiger partial charge in [-0.2, -0.15) is 8.78 Å². The van der Waals surface area contributed by atoms with Crippen molar-refractivity contribution >= 4 is 52.4 Å². The van der Waals surface area contributed by atoms with Crippen LogP contribution in [0.25, 0.3) is 11.1 Å². The van der Waals surface area contributed by atoms with Gasteiger partial charge in [-0.1, -0.05) is 82.8 Å². The van der Waals surface area contributed by atoms with Gasteiger partial charge in [-0.05, 0) is 60.9 Å². The van der Waals surface area contributed by atoms with Crippen LogP contribution in [0.4, 0.5) is 13.2 Å². The number of ether oxygens (including phenoxy) is 3. The van der Waals surface area contributed by atoms with Crippen LogP contribution < -0.4 is 15.0 Å². The Morgan fingerprint density at radius 2 is 1.68 bits per heavy atom. The quantitative estimate of drug-likeness (QED) is 0.116. The molecule has 6 nitrogen and oxygen atoms in total. The van der Waals surface area contributed by atoms with Crippen LogP contribution in [0.3, 0.4) is 0 Å². The molecule has 4 aromatic rings. The van der Waals surface area contributed by atoms with Gasteiger partial charge in [0.1, 0.15) is 16.9 Å². The Morgan fingerprint density at radius 1 is 0.957 bits per heavy atom. The van der Waals surface area contributed by atoms with Gasteiger partial charge in [0.05, 0.1) is 22.1 Å². The average molecular weight is 727 g/mol. The molecular weight excluding hydrogens is 701 g/mol. The van der Waals surface area contributed by atoms with Crippen LogP contribution >= 0.6 is 46.4 Å². The number of esters is 1. The normalized spacial score (nSPS) is 15.7. The van der Waals surface area contributed by atoms with Crippen molar-refractivity contribution in [3.8, 4) is 22.6 Å². The third-order valence-electron chi connectivity index (χ3n) is 8.31. The van der Waals surface area contributed by atoms with E-state index < -0.39 is 35.5 Å². The Kier molecular flexibility index (Phi) is 9.72. The first-order valence-corrected chi connectivity index (χ1v) is 16.2. The van der Waals surface area contributed by atoms with E-state index in [0.29, 0.717) is 17.0 Å². The van der Waals surface area contributed by atoms with Gasteiger partial charge in [-0.15, -0.1) is 0 Å². The third kappa shape index (κ3) is 7.09. The van der Waals surface area contributed by atoms with Crippen LogP contribution in [-0.4, -0.2) is 24.2 Å². The van der Waals surface area contributed by atoms with Gasteiger partial charge >= 0.3 is 12.6 Å². The van der Waals surface area contributed by atoms with Crippen molar-refractivity contribution in [3.05, 3.63) is 114 Å². The standard InChI is InChI=1S/C34H26Cl4F3NO5/c35-22-13-20(18-4-2-1-3-5-18)30(39)29(38)27(22)34(10-11-34)32(44)46-25(14-21-23(36)15-42-31(43)28(21)37)19-8-9-24(47-33(40)41)26(12-19)45-16-17-6-7-17/h1-5,8-9,12-13,15,17,25,33H,6-7,10-11,14,16H2,(H,42,43). The van der Waals surface area contributed by atoms with E-state index in [1.807, 2.05) is 0 Å². The van der Waals surface area contributed by atoms with E-state index in [4.69, 9.17) is 55.9 Å². The summed E-state index contributed by atoms with van der Waals surface area (Å²) in [6.45, 7) is -2.83. The first-order chi connectivity index (χ1) is 22.5. The number of aromatic amines is 1. The number of alkyl halides is 2. The number of benzene rings is 3. The lowest BCUT2D eigenvalue weighted by Crippen LogP contribution is -2.27. The monoisotopic (exact) mass is 725 g/mol. The number of rotatable bonds is 12. The molecule has 6 rings (SSSR count). The zero-order valence-electron chi connectivity index (χ0n) is 24.4. The van der Waals surface area contributed by atoms with Crippen LogP contribution in [0.2, 0.25) is 20.1 Å². The molecule has 2 fully saturated rings. The number of aromatic nitrogens is 1. The first kappa shape index (κ1) is 33.5. The number of hydrogen-bond acceptors (Lipinski definition) is 5. The van der Waals surface area contributed by atoms with E-state index in [9.17, 15) is 18.4 Å². The lowest BCUT2D eigenvalue weighted by atomic mass is 9.92. The Bertz CT molecular complexity index is 1880. The molecule has 0 aliphatic heterocycles.